The zero-order valence-corrected chi connectivity index (χ0v) is 12.5. The van der Waals surface area contributed by atoms with Crippen molar-refractivity contribution in [3.63, 3.8) is 0 Å². The fraction of sp³-hybridized carbons (Fsp3) is 0.294. The van der Waals surface area contributed by atoms with Crippen molar-refractivity contribution < 1.29 is 0 Å². The average molecular weight is 280 g/mol. The summed E-state index contributed by atoms with van der Waals surface area (Å²) in [5, 5.41) is 0. The van der Waals surface area contributed by atoms with Crippen molar-refractivity contribution >= 4 is 11.0 Å². The molecule has 4 nitrogen and oxygen atoms in total. The summed E-state index contributed by atoms with van der Waals surface area (Å²) in [6.45, 7) is 5.79. The van der Waals surface area contributed by atoms with Crippen molar-refractivity contribution in [2.24, 2.45) is 5.73 Å². The van der Waals surface area contributed by atoms with Gasteiger partial charge in [-0.2, -0.15) is 0 Å². The van der Waals surface area contributed by atoms with Gasteiger partial charge in [0, 0.05) is 12.7 Å². The first-order chi connectivity index (χ1) is 10.2. The third-order valence-corrected chi connectivity index (χ3v) is 3.84. The van der Waals surface area contributed by atoms with Gasteiger partial charge in [-0.1, -0.05) is 6.07 Å². The van der Waals surface area contributed by atoms with E-state index in [1.807, 2.05) is 18.2 Å². The number of nitrogens with two attached hydrogens (primary N) is 1. The number of nitrogens with zero attached hydrogens (tertiary/aromatic N) is 3. The number of benzene rings is 1. The maximum atomic E-state index is 5.68. The zero-order valence-electron chi connectivity index (χ0n) is 12.5. The molecule has 0 unspecified atom stereocenters. The number of pyridine rings is 1. The van der Waals surface area contributed by atoms with Crippen LogP contribution in [0.3, 0.4) is 0 Å². The minimum absolute atomic E-state index is 0.673. The Labute approximate surface area is 124 Å². The number of rotatable bonds is 4. The lowest BCUT2D eigenvalue weighted by Crippen LogP contribution is -2.07. The number of aromatic nitrogens is 3. The molecule has 0 saturated carbocycles. The van der Waals surface area contributed by atoms with E-state index in [9.17, 15) is 0 Å². The van der Waals surface area contributed by atoms with E-state index < -0.39 is 0 Å². The molecule has 2 heterocycles. The van der Waals surface area contributed by atoms with E-state index in [2.05, 4.69) is 35.5 Å². The Kier molecular flexibility index (Phi) is 3.71. The van der Waals surface area contributed by atoms with Gasteiger partial charge in [0.1, 0.15) is 5.69 Å². The van der Waals surface area contributed by atoms with E-state index in [4.69, 9.17) is 10.7 Å². The molecule has 0 aliphatic heterocycles. The third-order valence-electron chi connectivity index (χ3n) is 3.84. The second-order valence-electron chi connectivity index (χ2n) is 5.37. The van der Waals surface area contributed by atoms with Crippen LogP contribution in [-0.4, -0.2) is 21.1 Å². The number of fused-ring (bicyclic) bond motifs is 1. The highest BCUT2D eigenvalue weighted by molar-refractivity contribution is 5.81. The van der Waals surface area contributed by atoms with E-state index in [-0.39, 0.29) is 0 Å². The second kappa shape index (κ2) is 5.66. The van der Waals surface area contributed by atoms with E-state index >= 15 is 0 Å². The molecule has 0 spiro atoms. The molecule has 3 rings (SSSR count). The van der Waals surface area contributed by atoms with Gasteiger partial charge in [0.15, 0.2) is 5.82 Å². The predicted octanol–water partition coefficient (Wildman–Crippen LogP) is 3.06. The fourth-order valence-corrected chi connectivity index (χ4v) is 2.55. The van der Waals surface area contributed by atoms with Crippen LogP contribution in [0.5, 0.6) is 0 Å². The van der Waals surface area contributed by atoms with Crippen molar-refractivity contribution in [2.75, 3.05) is 6.54 Å². The summed E-state index contributed by atoms with van der Waals surface area (Å²) in [7, 11) is 0. The lowest BCUT2D eigenvalue weighted by atomic mass is 10.1. The van der Waals surface area contributed by atoms with Crippen LogP contribution < -0.4 is 5.73 Å². The molecule has 108 valence electrons. The molecule has 4 heteroatoms. The number of imidazole rings is 1. The van der Waals surface area contributed by atoms with Crippen LogP contribution in [0.1, 0.15) is 17.5 Å². The van der Waals surface area contributed by atoms with Crippen LogP contribution in [0.4, 0.5) is 0 Å². The predicted molar refractivity (Wildman–Crippen MR) is 86.1 cm³/mol. The van der Waals surface area contributed by atoms with Gasteiger partial charge in [-0.05, 0) is 62.2 Å². The second-order valence-corrected chi connectivity index (χ2v) is 5.37. The topological polar surface area (TPSA) is 56.7 Å². The molecule has 0 amide bonds. The van der Waals surface area contributed by atoms with Gasteiger partial charge in [0.25, 0.3) is 0 Å². The van der Waals surface area contributed by atoms with E-state index in [1.165, 1.54) is 11.1 Å². The van der Waals surface area contributed by atoms with Gasteiger partial charge in [0.05, 0.1) is 11.0 Å². The highest BCUT2D eigenvalue weighted by atomic mass is 15.1. The Balaban J connectivity index is 2.22. The molecule has 0 atom stereocenters. The van der Waals surface area contributed by atoms with Gasteiger partial charge in [-0.3, -0.25) is 4.98 Å². The molecule has 0 aliphatic carbocycles. The number of hydrogen-bond acceptors (Lipinski definition) is 3. The van der Waals surface area contributed by atoms with Crippen molar-refractivity contribution in [3.8, 4) is 11.5 Å². The lowest BCUT2D eigenvalue weighted by molar-refractivity contribution is 0.670. The molecule has 0 radical (unpaired) electrons. The minimum Gasteiger partial charge on any atom is -0.330 e. The van der Waals surface area contributed by atoms with Crippen LogP contribution in [0.25, 0.3) is 22.6 Å². The smallest absolute Gasteiger partial charge is 0.159 e. The summed E-state index contributed by atoms with van der Waals surface area (Å²) in [6, 6.07) is 10.3. The van der Waals surface area contributed by atoms with Crippen LogP contribution >= 0.6 is 0 Å². The molecule has 1 aromatic carbocycles. The summed E-state index contributed by atoms with van der Waals surface area (Å²) >= 11 is 0. The Hall–Kier alpha value is -2.20. The molecule has 0 aliphatic rings. The largest absolute Gasteiger partial charge is 0.330 e. The van der Waals surface area contributed by atoms with E-state index in [0.29, 0.717) is 6.54 Å². The molecule has 2 aromatic heterocycles. The summed E-state index contributed by atoms with van der Waals surface area (Å²) in [5.74, 6) is 0.920. The maximum Gasteiger partial charge on any atom is 0.159 e. The van der Waals surface area contributed by atoms with Crippen molar-refractivity contribution in [2.45, 2.75) is 26.8 Å². The zero-order chi connectivity index (χ0) is 14.8. The Morgan fingerprint density at radius 1 is 1.14 bits per heavy atom. The average Bonchev–Trinajstić information content (AvgIpc) is 2.84. The Bertz CT molecular complexity index is 759. The molecular formula is C17H20N4. The van der Waals surface area contributed by atoms with Crippen LogP contribution in [0.2, 0.25) is 0 Å². The van der Waals surface area contributed by atoms with Gasteiger partial charge in [0.2, 0.25) is 0 Å². The number of aryl methyl sites for hydroxylation is 3. The molecule has 2 N–H and O–H groups in total. The van der Waals surface area contributed by atoms with Crippen LogP contribution in [-0.2, 0) is 6.54 Å². The quantitative estimate of drug-likeness (QED) is 0.799. The normalized spacial score (nSPS) is 11.2. The fourth-order valence-electron chi connectivity index (χ4n) is 2.55. The lowest BCUT2D eigenvalue weighted by Gasteiger charge is -2.08. The summed E-state index contributed by atoms with van der Waals surface area (Å²) < 4.78 is 2.23. The molecule has 0 fully saturated rings. The van der Waals surface area contributed by atoms with Gasteiger partial charge in [-0.25, -0.2) is 4.98 Å². The van der Waals surface area contributed by atoms with Gasteiger partial charge < -0.3 is 10.3 Å². The first kappa shape index (κ1) is 13.8. The van der Waals surface area contributed by atoms with Crippen molar-refractivity contribution in [3.05, 3.63) is 47.7 Å². The SMILES string of the molecule is Cc1cc2nc(-c3ccccn3)n(CCCN)c2cc1C. The van der Waals surface area contributed by atoms with Crippen LogP contribution in [0.15, 0.2) is 36.5 Å². The molecule has 3 aromatic rings. The van der Waals surface area contributed by atoms with Crippen LogP contribution in [0, 0.1) is 13.8 Å². The third kappa shape index (κ3) is 2.54. The standard InChI is InChI=1S/C17H20N4/c1-12-10-15-16(11-13(12)2)21(9-5-7-18)17(20-15)14-6-3-4-8-19-14/h3-4,6,8,10-11H,5,7,9,18H2,1-2H3. The molecule has 21 heavy (non-hydrogen) atoms. The van der Waals surface area contributed by atoms with Gasteiger partial charge >= 0.3 is 0 Å². The summed E-state index contributed by atoms with van der Waals surface area (Å²) in [4.78, 5) is 9.24. The monoisotopic (exact) mass is 280 g/mol. The Morgan fingerprint density at radius 3 is 2.67 bits per heavy atom. The maximum absolute atomic E-state index is 5.68. The first-order valence-corrected chi connectivity index (χ1v) is 7.29. The summed E-state index contributed by atoms with van der Waals surface area (Å²) in [6.07, 6.45) is 2.73. The van der Waals surface area contributed by atoms with Gasteiger partial charge in [-0.15, -0.1) is 0 Å². The highest BCUT2D eigenvalue weighted by Crippen LogP contribution is 2.26. The molecule has 0 bridgehead atoms. The minimum atomic E-state index is 0.673. The van der Waals surface area contributed by atoms with Crippen molar-refractivity contribution in [1.29, 1.82) is 0 Å². The van der Waals surface area contributed by atoms with E-state index in [0.717, 1.165) is 35.5 Å². The molecular weight excluding hydrogens is 260 g/mol. The van der Waals surface area contributed by atoms with Crippen molar-refractivity contribution in [1.82, 2.24) is 14.5 Å². The number of hydrogen-bond donors (Lipinski definition) is 1. The highest BCUT2D eigenvalue weighted by Gasteiger charge is 2.14. The van der Waals surface area contributed by atoms with E-state index in [1.54, 1.807) is 6.20 Å². The summed E-state index contributed by atoms with van der Waals surface area (Å²) in [5.41, 5.74) is 11.3. The first-order valence-electron chi connectivity index (χ1n) is 7.29. The molecule has 0 saturated heterocycles. The Morgan fingerprint density at radius 2 is 1.95 bits per heavy atom.